The first kappa shape index (κ1) is 12.1. The molecule has 13 heavy (non-hydrogen) atoms. The molecular weight excluding hydrogens is 195 g/mol. The van der Waals surface area contributed by atoms with E-state index < -0.39 is 24.6 Å². The first-order valence-electron chi connectivity index (χ1n) is 3.14. The average molecular weight is 202 g/mol. The Morgan fingerprint density at radius 2 is 1.77 bits per heavy atom. The molecule has 0 atom stereocenters. The van der Waals surface area contributed by atoms with E-state index in [0.29, 0.717) is 0 Å². The van der Waals surface area contributed by atoms with Crippen molar-refractivity contribution in [1.82, 2.24) is 0 Å². The minimum Gasteiger partial charge on any atom is -0.310 e. The fourth-order valence-corrected chi connectivity index (χ4v) is 0.387. The van der Waals surface area contributed by atoms with E-state index in [2.05, 4.69) is 11.3 Å². The molecule has 6 heteroatoms. The highest BCUT2D eigenvalue weighted by molar-refractivity contribution is 5.00. The maximum absolute atomic E-state index is 12.3. The van der Waals surface area contributed by atoms with Gasteiger partial charge in [-0.05, 0) is 6.92 Å². The molecule has 0 aromatic rings. The summed E-state index contributed by atoms with van der Waals surface area (Å²) >= 11 is 0. The third-order valence-corrected chi connectivity index (χ3v) is 0.921. The van der Waals surface area contributed by atoms with Gasteiger partial charge in [0.25, 0.3) is 5.83 Å². The van der Waals surface area contributed by atoms with E-state index in [9.17, 15) is 22.0 Å². The molecule has 0 radical (unpaired) electrons. The van der Waals surface area contributed by atoms with Gasteiger partial charge in [-0.3, -0.25) is 0 Å². The molecule has 0 aromatic carbocycles. The molecule has 0 aliphatic rings. The van der Waals surface area contributed by atoms with E-state index >= 15 is 0 Å². The Bertz CT molecular complexity index is 229. The molecule has 0 unspecified atom stereocenters. The fraction of sp³-hybridized carbons (Fsp3) is 0.429. The summed E-state index contributed by atoms with van der Waals surface area (Å²) in [5.74, 6) is -2.87. The molecule has 76 valence electrons. The van der Waals surface area contributed by atoms with Crippen LogP contribution in [0.4, 0.5) is 22.0 Å². The van der Waals surface area contributed by atoms with Crippen LogP contribution in [0.3, 0.4) is 0 Å². The molecular formula is C7H7F5O. The highest BCUT2D eigenvalue weighted by atomic mass is 19.3. The largest absolute Gasteiger partial charge is 0.415 e. The minimum absolute atomic E-state index is 0.173. The van der Waals surface area contributed by atoms with Crippen LogP contribution in [0, 0.1) is 0 Å². The number of alkyl halides is 2. The van der Waals surface area contributed by atoms with Gasteiger partial charge in [0.05, 0.1) is 6.61 Å². The molecule has 0 rings (SSSR count). The Morgan fingerprint density at radius 1 is 1.31 bits per heavy atom. The second kappa shape index (κ2) is 4.36. The summed E-state index contributed by atoms with van der Waals surface area (Å²) in [6.45, 7) is 3.83. The third-order valence-electron chi connectivity index (χ3n) is 0.921. The van der Waals surface area contributed by atoms with Crippen LogP contribution >= 0.6 is 0 Å². The molecule has 0 N–H and O–H groups in total. The fourth-order valence-electron chi connectivity index (χ4n) is 0.387. The van der Waals surface area contributed by atoms with Gasteiger partial charge in [-0.15, -0.1) is 0 Å². The van der Waals surface area contributed by atoms with Crippen molar-refractivity contribution in [2.24, 2.45) is 0 Å². The van der Waals surface area contributed by atoms with Gasteiger partial charge in [0.2, 0.25) is 0 Å². The van der Waals surface area contributed by atoms with Gasteiger partial charge in [0.1, 0.15) is 0 Å². The topological polar surface area (TPSA) is 9.23 Å². The summed E-state index contributed by atoms with van der Waals surface area (Å²) in [6, 6.07) is 0. The summed E-state index contributed by atoms with van der Waals surface area (Å²) in [4.78, 5) is 0. The van der Waals surface area contributed by atoms with E-state index in [1.165, 1.54) is 6.92 Å². The van der Waals surface area contributed by atoms with Crippen LogP contribution in [0.15, 0.2) is 24.1 Å². The third kappa shape index (κ3) is 4.02. The zero-order valence-electron chi connectivity index (χ0n) is 6.71. The van der Waals surface area contributed by atoms with Crippen LogP contribution in [-0.2, 0) is 4.74 Å². The van der Waals surface area contributed by atoms with Crippen LogP contribution in [-0.4, -0.2) is 12.7 Å². The molecule has 0 saturated carbocycles. The van der Waals surface area contributed by atoms with Crippen LogP contribution in [0.25, 0.3) is 0 Å². The second-order valence-corrected chi connectivity index (χ2v) is 2.34. The van der Waals surface area contributed by atoms with Gasteiger partial charge in [0, 0.05) is 0 Å². The van der Waals surface area contributed by atoms with Crippen molar-refractivity contribution in [2.45, 2.75) is 13.0 Å². The number of rotatable bonds is 4. The molecule has 0 aliphatic heterocycles. The highest BCUT2D eigenvalue weighted by Crippen LogP contribution is 2.30. The zero-order valence-corrected chi connectivity index (χ0v) is 6.71. The Hall–Kier alpha value is -0.910. The molecule has 0 saturated heterocycles. The predicted molar refractivity (Wildman–Crippen MR) is 36.1 cm³/mol. The Labute approximate surface area is 71.5 Å². The monoisotopic (exact) mass is 202 g/mol. The number of hydrogen-bond donors (Lipinski definition) is 0. The maximum atomic E-state index is 12.3. The smallest absolute Gasteiger partial charge is 0.310 e. The van der Waals surface area contributed by atoms with E-state index in [1.54, 1.807) is 0 Å². The van der Waals surface area contributed by atoms with E-state index in [-0.39, 0.29) is 5.57 Å². The van der Waals surface area contributed by atoms with Crippen molar-refractivity contribution in [3.63, 3.8) is 0 Å². The normalized spacial score (nSPS) is 11.2. The van der Waals surface area contributed by atoms with Crippen LogP contribution in [0.1, 0.15) is 6.92 Å². The lowest BCUT2D eigenvalue weighted by atomic mass is 10.4. The van der Waals surface area contributed by atoms with Crippen molar-refractivity contribution in [2.75, 3.05) is 6.61 Å². The quantitative estimate of drug-likeness (QED) is 0.502. The lowest BCUT2D eigenvalue weighted by Gasteiger charge is -2.13. The number of ether oxygens (including phenoxy) is 1. The summed E-state index contributed by atoms with van der Waals surface area (Å²) < 4.78 is 62.8. The molecule has 0 heterocycles. The molecule has 0 bridgehead atoms. The summed E-state index contributed by atoms with van der Waals surface area (Å²) in [5, 5.41) is 0. The Kier molecular flexibility index (Phi) is 4.06. The SMILES string of the molecule is C=C(C)COC(F)(F)C(F)=C(F)F. The van der Waals surface area contributed by atoms with Crippen molar-refractivity contribution < 1.29 is 26.7 Å². The van der Waals surface area contributed by atoms with Crippen molar-refractivity contribution in [3.05, 3.63) is 24.1 Å². The number of halogens is 5. The van der Waals surface area contributed by atoms with E-state index in [0.717, 1.165) is 0 Å². The average Bonchev–Trinajstić information content (AvgIpc) is 1.99. The Balaban J connectivity index is 4.40. The van der Waals surface area contributed by atoms with Crippen molar-refractivity contribution in [1.29, 1.82) is 0 Å². The van der Waals surface area contributed by atoms with Crippen LogP contribution < -0.4 is 0 Å². The van der Waals surface area contributed by atoms with Gasteiger partial charge in [-0.1, -0.05) is 12.2 Å². The van der Waals surface area contributed by atoms with Gasteiger partial charge >= 0.3 is 12.2 Å². The zero-order chi connectivity index (χ0) is 10.6. The molecule has 1 nitrogen and oxygen atoms in total. The lowest BCUT2D eigenvalue weighted by Crippen LogP contribution is -2.23. The molecule has 0 amide bonds. The molecule has 0 aliphatic carbocycles. The van der Waals surface area contributed by atoms with Gasteiger partial charge in [-0.25, -0.2) is 0 Å². The molecule has 0 fully saturated rings. The molecule has 0 aromatic heterocycles. The van der Waals surface area contributed by atoms with Gasteiger partial charge in [-0.2, -0.15) is 22.0 Å². The standard InChI is InChI=1S/C7H7F5O/c1-4(2)3-13-7(11,12)5(8)6(9)10/h1,3H2,2H3. The van der Waals surface area contributed by atoms with E-state index in [4.69, 9.17) is 0 Å². The minimum atomic E-state index is -4.59. The number of hydrogen-bond acceptors (Lipinski definition) is 1. The van der Waals surface area contributed by atoms with Gasteiger partial charge in [0.15, 0.2) is 0 Å². The van der Waals surface area contributed by atoms with Crippen molar-refractivity contribution in [3.8, 4) is 0 Å². The first-order chi connectivity index (χ1) is 5.77. The summed E-state index contributed by atoms with van der Waals surface area (Å²) in [7, 11) is 0. The van der Waals surface area contributed by atoms with Crippen LogP contribution in [0.2, 0.25) is 0 Å². The summed E-state index contributed by atoms with van der Waals surface area (Å²) in [6.07, 6.45) is -7.68. The van der Waals surface area contributed by atoms with Crippen molar-refractivity contribution >= 4 is 0 Å². The molecule has 0 spiro atoms. The lowest BCUT2D eigenvalue weighted by molar-refractivity contribution is -0.217. The highest BCUT2D eigenvalue weighted by Gasteiger charge is 2.40. The second-order valence-electron chi connectivity index (χ2n) is 2.34. The summed E-state index contributed by atoms with van der Waals surface area (Å²) in [5.41, 5.74) is 0.173. The predicted octanol–water partition coefficient (Wildman–Crippen LogP) is 3.25. The maximum Gasteiger partial charge on any atom is 0.415 e. The van der Waals surface area contributed by atoms with Gasteiger partial charge < -0.3 is 4.74 Å². The van der Waals surface area contributed by atoms with Crippen LogP contribution in [0.5, 0.6) is 0 Å². The van der Waals surface area contributed by atoms with E-state index in [1.807, 2.05) is 0 Å². The first-order valence-corrected chi connectivity index (χ1v) is 3.14. The Morgan fingerprint density at radius 3 is 2.08 bits per heavy atom.